The minimum absolute atomic E-state index is 0.0924. The number of aryl methyl sites for hydroxylation is 1. The lowest BCUT2D eigenvalue weighted by molar-refractivity contribution is -0.141. The van der Waals surface area contributed by atoms with Gasteiger partial charge in [-0.25, -0.2) is 0 Å². The smallest absolute Gasteiger partial charge is 0.323 e. The van der Waals surface area contributed by atoms with E-state index in [2.05, 4.69) is 10.1 Å². The molecule has 100 valence electrons. The van der Waals surface area contributed by atoms with Crippen molar-refractivity contribution in [3.05, 3.63) is 35.8 Å². The molecular formula is C12H11F3N4. The summed E-state index contributed by atoms with van der Waals surface area (Å²) in [6, 6.07) is 4.17. The van der Waals surface area contributed by atoms with Gasteiger partial charge in [-0.2, -0.15) is 18.3 Å². The van der Waals surface area contributed by atoms with Crippen LogP contribution in [0.1, 0.15) is 23.9 Å². The highest BCUT2D eigenvalue weighted by atomic mass is 19.4. The maximum absolute atomic E-state index is 12.6. The summed E-state index contributed by atoms with van der Waals surface area (Å²) in [7, 11) is 0. The van der Waals surface area contributed by atoms with E-state index in [9.17, 15) is 13.2 Å². The van der Waals surface area contributed by atoms with E-state index in [4.69, 9.17) is 5.73 Å². The maximum Gasteiger partial charge on any atom is 0.433 e. The highest BCUT2D eigenvalue weighted by Crippen LogP contribution is 2.32. The van der Waals surface area contributed by atoms with Crippen LogP contribution in [-0.2, 0) is 12.7 Å². The first-order valence-electron chi connectivity index (χ1n) is 5.82. The second-order valence-electron chi connectivity index (χ2n) is 4.50. The molecule has 19 heavy (non-hydrogen) atoms. The van der Waals surface area contributed by atoms with Gasteiger partial charge in [0.15, 0.2) is 0 Å². The molecule has 0 saturated carbocycles. The number of hydrogen-bond acceptors (Lipinski definition) is 3. The first-order chi connectivity index (χ1) is 8.95. The molecule has 1 atom stereocenters. The van der Waals surface area contributed by atoms with Crippen LogP contribution in [0, 0.1) is 0 Å². The summed E-state index contributed by atoms with van der Waals surface area (Å²) in [5, 5.41) is 4.28. The lowest BCUT2D eigenvalue weighted by atomic mass is 10.1. The number of pyridine rings is 1. The molecule has 0 unspecified atom stereocenters. The molecule has 7 heteroatoms. The van der Waals surface area contributed by atoms with Crippen LogP contribution in [0.15, 0.2) is 24.4 Å². The van der Waals surface area contributed by atoms with Crippen molar-refractivity contribution in [2.24, 2.45) is 5.73 Å². The maximum atomic E-state index is 12.6. The molecule has 0 fully saturated rings. The fraction of sp³-hybridized carbons (Fsp3) is 0.333. The zero-order valence-electron chi connectivity index (χ0n) is 9.85. The fourth-order valence-corrected chi connectivity index (χ4v) is 2.20. The lowest BCUT2D eigenvalue weighted by Crippen LogP contribution is -2.07. The van der Waals surface area contributed by atoms with Crippen molar-refractivity contribution in [3.8, 4) is 11.3 Å². The van der Waals surface area contributed by atoms with Crippen LogP contribution in [0.3, 0.4) is 0 Å². The van der Waals surface area contributed by atoms with Gasteiger partial charge in [-0.15, -0.1) is 0 Å². The Kier molecular flexibility index (Phi) is 2.60. The predicted molar refractivity (Wildman–Crippen MR) is 62.0 cm³/mol. The van der Waals surface area contributed by atoms with Gasteiger partial charge in [0, 0.05) is 24.3 Å². The van der Waals surface area contributed by atoms with E-state index in [1.54, 1.807) is 10.7 Å². The Morgan fingerprint density at radius 1 is 1.32 bits per heavy atom. The quantitative estimate of drug-likeness (QED) is 0.863. The van der Waals surface area contributed by atoms with Crippen LogP contribution in [-0.4, -0.2) is 14.8 Å². The number of rotatable bonds is 1. The van der Waals surface area contributed by atoms with Crippen LogP contribution in [0.5, 0.6) is 0 Å². The summed E-state index contributed by atoms with van der Waals surface area (Å²) >= 11 is 0. The third-order valence-corrected chi connectivity index (χ3v) is 3.19. The number of alkyl halides is 3. The molecule has 0 bridgehead atoms. The zero-order valence-corrected chi connectivity index (χ0v) is 9.85. The van der Waals surface area contributed by atoms with E-state index < -0.39 is 11.9 Å². The number of nitrogens with zero attached hydrogens (tertiary/aromatic N) is 3. The van der Waals surface area contributed by atoms with E-state index in [-0.39, 0.29) is 6.04 Å². The highest BCUT2D eigenvalue weighted by Gasteiger charge is 2.33. The molecule has 0 saturated heterocycles. The van der Waals surface area contributed by atoms with Gasteiger partial charge in [-0.05, 0) is 24.6 Å². The third kappa shape index (κ3) is 2.10. The molecule has 0 radical (unpaired) electrons. The number of halogens is 3. The van der Waals surface area contributed by atoms with E-state index in [0.717, 1.165) is 24.4 Å². The molecule has 0 aromatic carbocycles. The van der Waals surface area contributed by atoms with E-state index in [0.29, 0.717) is 17.8 Å². The molecule has 1 aliphatic rings. The van der Waals surface area contributed by atoms with Crippen molar-refractivity contribution in [2.45, 2.75) is 25.2 Å². The molecule has 2 aromatic heterocycles. The first kappa shape index (κ1) is 12.2. The topological polar surface area (TPSA) is 56.7 Å². The number of fused-ring (bicyclic) bond motifs is 1. The molecule has 1 aliphatic heterocycles. The molecule has 3 heterocycles. The SMILES string of the molecule is N[C@H]1CCn2nc(-c3ccnc(C(F)(F)F)c3)cc21. The Hall–Kier alpha value is -1.89. The highest BCUT2D eigenvalue weighted by molar-refractivity contribution is 5.60. The zero-order chi connectivity index (χ0) is 13.6. The molecular weight excluding hydrogens is 257 g/mol. The van der Waals surface area contributed by atoms with Crippen LogP contribution in [0.4, 0.5) is 13.2 Å². The summed E-state index contributed by atoms with van der Waals surface area (Å²) < 4.78 is 39.5. The van der Waals surface area contributed by atoms with Crippen LogP contribution >= 0.6 is 0 Å². The fourth-order valence-electron chi connectivity index (χ4n) is 2.20. The normalized spacial score (nSPS) is 18.6. The van der Waals surface area contributed by atoms with Crippen molar-refractivity contribution in [2.75, 3.05) is 0 Å². The van der Waals surface area contributed by atoms with Crippen molar-refractivity contribution < 1.29 is 13.2 Å². The van der Waals surface area contributed by atoms with Gasteiger partial charge in [0.25, 0.3) is 0 Å². The number of aromatic nitrogens is 3. The van der Waals surface area contributed by atoms with Crippen LogP contribution < -0.4 is 5.73 Å². The minimum Gasteiger partial charge on any atom is -0.323 e. The standard InChI is InChI=1S/C12H11F3N4/c13-12(14,15)11-5-7(1-3-17-11)9-6-10-8(16)2-4-19(10)18-9/h1,3,5-6,8H,2,4,16H2/t8-/m0/s1. The predicted octanol–water partition coefficient (Wildman–Crippen LogP) is 2.37. The Balaban J connectivity index is 2.01. The molecule has 0 aliphatic carbocycles. The van der Waals surface area contributed by atoms with Gasteiger partial charge in [0.05, 0.1) is 11.4 Å². The van der Waals surface area contributed by atoms with Crippen molar-refractivity contribution in [1.82, 2.24) is 14.8 Å². The van der Waals surface area contributed by atoms with Gasteiger partial charge < -0.3 is 5.73 Å². The van der Waals surface area contributed by atoms with Crippen molar-refractivity contribution >= 4 is 0 Å². The molecule has 2 aromatic rings. The summed E-state index contributed by atoms with van der Waals surface area (Å²) in [6.45, 7) is 0.702. The molecule has 0 amide bonds. The number of hydrogen-bond donors (Lipinski definition) is 1. The summed E-state index contributed by atoms with van der Waals surface area (Å²) in [5.74, 6) is 0. The van der Waals surface area contributed by atoms with E-state index in [1.165, 1.54) is 6.07 Å². The molecule has 3 rings (SSSR count). The average Bonchev–Trinajstić information content (AvgIpc) is 2.91. The second kappa shape index (κ2) is 4.06. The second-order valence-corrected chi connectivity index (χ2v) is 4.50. The summed E-state index contributed by atoms with van der Waals surface area (Å²) in [6.07, 6.45) is -2.50. The number of nitrogens with two attached hydrogens (primary N) is 1. The Labute approximate surface area is 107 Å². The Morgan fingerprint density at radius 2 is 2.11 bits per heavy atom. The van der Waals surface area contributed by atoms with E-state index >= 15 is 0 Å². The van der Waals surface area contributed by atoms with Crippen LogP contribution in [0.2, 0.25) is 0 Å². The van der Waals surface area contributed by atoms with Gasteiger partial charge in [0.1, 0.15) is 5.69 Å². The van der Waals surface area contributed by atoms with Crippen molar-refractivity contribution in [1.29, 1.82) is 0 Å². The van der Waals surface area contributed by atoms with Crippen LogP contribution in [0.25, 0.3) is 11.3 Å². The molecule has 4 nitrogen and oxygen atoms in total. The molecule has 0 spiro atoms. The average molecular weight is 268 g/mol. The monoisotopic (exact) mass is 268 g/mol. The Bertz CT molecular complexity index is 618. The Morgan fingerprint density at radius 3 is 2.79 bits per heavy atom. The minimum atomic E-state index is -4.45. The van der Waals surface area contributed by atoms with Gasteiger partial charge >= 0.3 is 6.18 Å². The van der Waals surface area contributed by atoms with Gasteiger partial charge in [-0.1, -0.05) is 0 Å². The van der Waals surface area contributed by atoms with Gasteiger partial charge in [0.2, 0.25) is 0 Å². The largest absolute Gasteiger partial charge is 0.433 e. The van der Waals surface area contributed by atoms with E-state index in [1.807, 2.05) is 0 Å². The summed E-state index contributed by atoms with van der Waals surface area (Å²) in [5.41, 5.74) is 6.73. The van der Waals surface area contributed by atoms with Gasteiger partial charge in [-0.3, -0.25) is 9.67 Å². The summed E-state index contributed by atoms with van der Waals surface area (Å²) in [4.78, 5) is 3.33. The third-order valence-electron chi connectivity index (χ3n) is 3.19. The first-order valence-corrected chi connectivity index (χ1v) is 5.82. The molecule has 2 N–H and O–H groups in total. The lowest BCUT2D eigenvalue weighted by Gasteiger charge is -2.06. The van der Waals surface area contributed by atoms with Crippen molar-refractivity contribution in [3.63, 3.8) is 0 Å².